The van der Waals surface area contributed by atoms with Gasteiger partial charge in [0.25, 0.3) is 5.56 Å². The molecule has 1 atom stereocenters. The highest BCUT2D eigenvalue weighted by molar-refractivity contribution is 5.30. The first-order valence-corrected chi connectivity index (χ1v) is 7.06. The molecule has 1 aromatic heterocycles. The normalized spacial score (nSPS) is 13.1. The lowest BCUT2D eigenvalue weighted by molar-refractivity contribution is -0.138. The molecule has 0 aliphatic heterocycles. The fraction of sp³-hybridized carbons (Fsp3) is 0.375. The molecule has 0 saturated heterocycles. The van der Waals surface area contributed by atoms with Crippen LogP contribution >= 0.6 is 0 Å². The monoisotopic (exact) mass is 326 g/mol. The van der Waals surface area contributed by atoms with Crippen LogP contribution in [-0.4, -0.2) is 20.8 Å². The van der Waals surface area contributed by atoms with Gasteiger partial charge in [-0.3, -0.25) is 9.36 Å². The van der Waals surface area contributed by atoms with Crippen molar-refractivity contribution >= 4 is 0 Å². The first kappa shape index (κ1) is 17.2. The molecule has 124 valence electrons. The van der Waals surface area contributed by atoms with Gasteiger partial charge in [0.05, 0.1) is 24.5 Å². The number of halogens is 3. The molecule has 0 radical (unpaired) electrons. The maximum atomic E-state index is 12.9. The first-order chi connectivity index (χ1) is 10.7. The van der Waals surface area contributed by atoms with Gasteiger partial charge in [-0.15, -0.1) is 0 Å². The lowest BCUT2D eigenvalue weighted by atomic mass is 10.0. The zero-order valence-corrected chi connectivity index (χ0v) is 12.8. The Balaban J connectivity index is 2.20. The standard InChI is InChI=1S/C16H17F3N2O2/c1-10-11(2)20-9-21(15(10)23)8-13(22)7-12-5-3-4-6-14(12)16(17,18)19/h3-6,9,13,22H,7-8H2,1-2H3/t13-/m0/s1. The van der Waals surface area contributed by atoms with Crippen molar-refractivity contribution in [2.75, 3.05) is 0 Å². The summed E-state index contributed by atoms with van der Waals surface area (Å²) in [6, 6.07) is 5.09. The molecule has 0 unspecified atom stereocenters. The summed E-state index contributed by atoms with van der Waals surface area (Å²) in [5, 5.41) is 10.1. The fourth-order valence-electron chi connectivity index (χ4n) is 2.33. The van der Waals surface area contributed by atoms with Crippen LogP contribution in [0.25, 0.3) is 0 Å². The summed E-state index contributed by atoms with van der Waals surface area (Å²) in [4.78, 5) is 16.1. The van der Waals surface area contributed by atoms with E-state index in [2.05, 4.69) is 4.98 Å². The van der Waals surface area contributed by atoms with E-state index in [4.69, 9.17) is 0 Å². The Morgan fingerprint density at radius 3 is 2.57 bits per heavy atom. The van der Waals surface area contributed by atoms with E-state index in [-0.39, 0.29) is 24.1 Å². The van der Waals surface area contributed by atoms with E-state index in [0.717, 1.165) is 6.07 Å². The van der Waals surface area contributed by atoms with E-state index in [0.29, 0.717) is 11.3 Å². The van der Waals surface area contributed by atoms with Gasteiger partial charge in [0, 0.05) is 17.7 Å². The van der Waals surface area contributed by atoms with Gasteiger partial charge in [0.2, 0.25) is 0 Å². The van der Waals surface area contributed by atoms with E-state index in [1.807, 2.05) is 0 Å². The summed E-state index contributed by atoms with van der Waals surface area (Å²) in [6.07, 6.45) is -4.51. The Kier molecular flexibility index (Phi) is 4.89. The van der Waals surface area contributed by atoms with E-state index < -0.39 is 17.8 Å². The second-order valence-electron chi connectivity index (χ2n) is 5.43. The van der Waals surface area contributed by atoms with Gasteiger partial charge < -0.3 is 5.11 Å². The maximum Gasteiger partial charge on any atom is 0.416 e. The zero-order chi connectivity index (χ0) is 17.2. The molecule has 7 heteroatoms. The predicted molar refractivity (Wildman–Crippen MR) is 79.1 cm³/mol. The number of benzene rings is 1. The van der Waals surface area contributed by atoms with Crippen LogP contribution in [0.5, 0.6) is 0 Å². The van der Waals surface area contributed by atoms with Crippen LogP contribution < -0.4 is 5.56 Å². The highest BCUT2D eigenvalue weighted by Crippen LogP contribution is 2.32. The van der Waals surface area contributed by atoms with Crippen LogP contribution in [0.1, 0.15) is 22.4 Å². The number of hydrogen-bond acceptors (Lipinski definition) is 3. The average Bonchev–Trinajstić information content (AvgIpc) is 2.47. The van der Waals surface area contributed by atoms with Gasteiger partial charge in [0.15, 0.2) is 0 Å². The Bertz CT molecular complexity index is 754. The number of hydrogen-bond donors (Lipinski definition) is 1. The highest BCUT2D eigenvalue weighted by Gasteiger charge is 2.33. The lowest BCUT2D eigenvalue weighted by Crippen LogP contribution is -2.30. The molecule has 23 heavy (non-hydrogen) atoms. The Labute approximate surface area is 131 Å². The molecular weight excluding hydrogens is 309 g/mol. The summed E-state index contributed by atoms with van der Waals surface area (Å²) >= 11 is 0. The number of aliphatic hydroxyl groups is 1. The third kappa shape index (κ3) is 3.98. The summed E-state index contributed by atoms with van der Waals surface area (Å²) in [5.41, 5.74) is -0.0406. The topological polar surface area (TPSA) is 55.1 Å². The number of nitrogens with zero attached hydrogens (tertiary/aromatic N) is 2. The highest BCUT2D eigenvalue weighted by atomic mass is 19.4. The van der Waals surface area contributed by atoms with Gasteiger partial charge in [-0.2, -0.15) is 13.2 Å². The van der Waals surface area contributed by atoms with Gasteiger partial charge in [0.1, 0.15) is 0 Å². The predicted octanol–water partition coefficient (Wildman–Crippen LogP) is 2.48. The van der Waals surface area contributed by atoms with Gasteiger partial charge >= 0.3 is 6.18 Å². The Hall–Kier alpha value is -2.15. The number of aryl methyl sites for hydroxylation is 1. The molecule has 0 spiro atoms. The summed E-state index contributed by atoms with van der Waals surface area (Å²) in [7, 11) is 0. The van der Waals surface area contributed by atoms with E-state index in [1.165, 1.54) is 29.1 Å². The van der Waals surface area contributed by atoms with Crippen molar-refractivity contribution in [3.8, 4) is 0 Å². The van der Waals surface area contributed by atoms with Crippen molar-refractivity contribution in [2.45, 2.75) is 39.1 Å². The van der Waals surface area contributed by atoms with Crippen molar-refractivity contribution in [2.24, 2.45) is 0 Å². The fourth-order valence-corrected chi connectivity index (χ4v) is 2.33. The van der Waals surface area contributed by atoms with E-state index >= 15 is 0 Å². The van der Waals surface area contributed by atoms with Gasteiger partial charge in [-0.25, -0.2) is 4.98 Å². The molecule has 2 aromatic rings. The number of alkyl halides is 3. The average molecular weight is 326 g/mol. The van der Waals surface area contributed by atoms with Crippen molar-refractivity contribution in [3.63, 3.8) is 0 Å². The molecular formula is C16H17F3N2O2. The maximum absolute atomic E-state index is 12.9. The lowest BCUT2D eigenvalue weighted by Gasteiger charge is -2.17. The van der Waals surface area contributed by atoms with Crippen molar-refractivity contribution in [3.05, 3.63) is 63.3 Å². The molecule has 0 saturated carbocycles. The molecule has 0 amide bonds. The molecule has 1 N–H and O–H groups in total. The van der Waals surface area contributed by atoms with E-state index in [9.17, 15) is 23.1 Å². The minimum absolute atomic E-state index is 0.00246. The third-order valence-corrected chi connectivity index (χ3v) is 3.70. The SMILES string of the molecule is Cc1ncn(C[C@@H](O)Cc2ccccc2C(F)(F)F)c(=O)c1C. The molecule has 0 aliphatic rings. The molecule has 4 nitrogen and oxygen atoms in total. The molecule has 0 bridgehead atoms. The van der Waals surface area contributed by atoms with E-state index in [1.54, 1.807) is 13.8 Å². The summed E-state index contributed by atoms with van der Waals surface area (Å²) in [5.74, 6) is 0. The largest absolute Gasteiger partial charge is 0.416 e. The second kappa shape index (κ2) is 6.54. The number of aromatic nitrogens is 2. The number of aliphatic hydroxyl groups excluding tert-OH is 1. The van der Waals surface area contributed by atoms with Crippen LogP contribution in [0.2, 0.25) is 0 Å². The van der Waals surface area contributed by atoms with Crippen LogP contribution in [0, 0.1) is 13.8 Å². The third-order valence-electron chi connectivity index (χ3n) is 3.70. The first-order valence-electron chi connectivity index (χ1n) is 7.06. The summed E-state index contributed by atoms with van der Waals surface area (Å²) < 4.78 is 40.0. The second-order valence-corrected chi connectivity index (χ2v) is 5.43. The van der Waals surface area contributed by atoms with Crippen molar-refractivity contribution in [1.82, 2.24) is 9.55 Å². The smallest absolute Gasteiger partial charge is 0.391 e. The summed E-state index contributed by atoms with van der Waals surface area (Å²) in [6.45, 7) is 3.20. The molecule has 1 heterocycles. The quantitative estimate of drug-likeness (QED) is 0.939. The minimum atomic E-state index is -4.48. The molecule has 0 fully saturated rings. The number of rotatable bonds is 4. The van der Waals surface area contributed by atoms with Crippen LogP contribution in [0.15, 0.2) is 35.4 Å². The van der Waals surface area contributed by atoms with Crippen molar-refractivity contribution < 1.29 is 18.3 Å². The van der Waals surface area contributed by atoms with Crippen LogP contribution in [0.3, 0.4) is 0 Å². The Morgan fingerprint density at radius 2 is 1.91 bits per heavy atom. The van der Waals surface area contributed by atoms with Gasteiger partial charge in [-0.05, 0) is 25.5 Å². The Morgan fingerprint density at radius 1 is 1.26 bits per heavy atom. The van der Waals surface area contributed by atoms with Crippen LogP contribution in [-0.2, 0) is 19.1 Å². The van der Waals surface area contributed by atoms with Crippen LogP contribution in [0.4, 0.5) is 13.2 Å². The van der Waals surface area contributed by atoms with Gasteiger partial charge in [-0.1, -0.05) is 18.2 Å². The minimum Gasteiger partial charge on any atom is -0.391 e. The zero-order valence-electron chi connectivity index (χ0n) is 12.8. The molecule has 2 rings (SSSR count). The molecule has 1 aromatic carbocycles. The van der Waals surface area contributed by atoms with Crippen molar-refractivity contribution in [1.29, 1.82) is 0 Å². The molecule has 0 aliphatic carbocycles.